The number of nitrogens with zero attached hydrogens (tertiary/aromatic N) is 1. The molecule has 2 unspecified atom stereocenters. The van der Waals surface area contributed by atoms with E-state index in [1.807, 2.05) is 21.1 Å². The van der Waals surface area contributed by atoms with Crippen LogP contribution in [-0.2, 0) is 33.3 Å². The first-order valence-electron chi connectivity index (χ1n) is 34.7. The predicted molar refractivity (Wildman–Crippen MR) is 361 cm³/mol. The molecule has 0 bridgehead atoms. The second kappa shape index (κ2) is 65.7. The van der Waals surface area contributed by atoms with Gasteiger partial charge in [0.05, 0.1) is 40.3 Å². The molecule has 0 radical (unpaired) electrons. The highest BCUT2D eigenvalue weighted by Gasteiger charge is 2.22. The van der Waals surface area contributed by atoms with E-state index >= 15 is 0 Å². The van der Waals surface area contributed by atoms with Gasteiger partial charge in [-0.2, -0.15) is 0 Å². The van der Waals surface area contributed by atoms with Crippen molar-refractivity contribution in [1.82, 2.24) is 0 Å². The highest BCUT2D eigenvalue weighted by molar-refractivity contribution is 5.70. The van der Waals surface area contributed by atoms with Gasteiger partial charge in [0.2, 0.25) is 0 Å². The van der Waals surface area contributed by atoms with Gasteiger partial charge in [-0.25, -0.2) is 0 Å². The number of ether oxygens (including phenoxy) is 4. The van der Waals surface area contributed by atoms with Crippen LogP contribution in [0.5, 0.6) is 0 Å². The molecule has 0 rings (SSSR count). The number of carbonyl (C=O) groups excluding carboxylic acids is 3. The van der Waals surface area contributed by atoms with E-state index in [-0.39, 0.29) is 38.6 Å². The van der Waals surface area contributed by atoms with Gasteiger partial charge >= 0.3 is 11.9 Å². The second-order valence-electron chi connectivity index (χ2n) is 24.1. The molecule has 0 spiro atoms. The number of carbonyl (C=O) groups is 3. The first kappa shape index (κ1) is 80.7. The smallest absolute Gasteiger partial charge is 0.306 e. The van der Waals surface area contributed by atoms with Crippen molar-refractivity contribution < 1.29 is 42.9 Å². The zero-order valence-corrected chi connectivity index (χ0v) is 55.4. The number of unbranched alkanes of at least 4 members (excludes halogenated alkanes) is 28. The van der Waals surface area contributed by atoms with Gasteiger partial charge in [-0.3, -0.25) is 9.59 Å². The molecule has 0 aromatic carbocycles. The first-order chi connectivity index (χ1) is 41.6. The summed E-state index contributed by atoms with van der Waals surface area (Å²) in [6.45, 7) is 4.52. The van der Waals surface area contributed by atoms with Crippen LogP contribution in [0.4, 0.5) is 0 Å². The van der Waals surface area contributed by atoms with Crippen LogP contribution >= 0.6 is 0 Å². The van der Waals surface area contributed by atoms with E-state index in [1.54, 1.807) is 0 Å². The number of carboxylic acid groups (broad SMARTS) is 1. The molecule has 0 saturated heterocycles. The lowest BCUT2D eigenvalue weighted by atomic mass is 10.0. The molecule has 0 aliphatic heterocycles. The average molecular weight is 1180 g/mol. The van der Waals surface area contributed by atoms with Gasteiger partial charge in [-0.1, -0.05) is 289 Å². The Morgan fingerprint density at radius 3 is 0.941 bits per heavy atom. The lowest BCUT2D eigenvalue weighted by Crippen LogP contribution is -2.44. The number of aliphatic carboxylic acids is 1. The van der Waals surface area contributed by atoms with Gasteiger partial charge in [0.25, 0.3) is 0 Å². The standard InChI is InChI=1S/C76H129NO8/c1-6-8-10-12-14-16-18-20-22-24-26-28-30-32-33-34-35-36-37-38-39-40-41-43-44-46-48-50-52-54-56-58-60-62-64-66-73(78)83-70-72(71-84-76(75(80)81)82-69-68-77(3,4)5)85-74(79)67-65-63-61-59-57-55-53-51-49-47-45-42-31-29-27-25-23-21-19-17-15-13-11-9-7-2/h8-11,14-17,20-23,26-29,42,45,49,51,72,76H,6-7,12-13,18-19,24-25,30-41,43-44,46-48,50,52-71H2,1-5H3/b10-8-,11-9-,16-14-,17-15-,22-20-,23-21-,28-26-,29-27-,45-42-,51-49-. The molecule has 0 heterocycles. The van der Waals surface area contributed by atoms with Crippen LogP contribution in [0.2, 0.25) is 0 Å². The molecule has 0 saturated carbocycles. The van der Waals surface area contributed by atoms with E-state index in [1.165, 1.54) is 128 Å². The number of quaternary nitrogens is 1. The minimum atomic E-state index is -1.63. The number of esters is 2. The number of rotatable bonds is 63. The van der Waals surface area contributed by atoms with Crippen molar-refractivity contribution in [3.8, 4) is 0 Å². The Balaban J connectivity index is 4.11. The molecule has 0 N–H and O–H groups in total. The minimum Gasteiger partial charge on any atom is -0.545 e. The number of allylic oxidation sites excluding steroid dienone is 20. The Morgan fingerprint density at radius 2 is 0.635 bits per heavy atom. The van der Waals surface area contributed by atoms with Crippen molar-refractivity contribution in [1.29, 1.82) is 0 Å². The molecule has 9 heteroatoms. The largest absolute Gasteiger partial charge is 0.545 e. The van der Waals surface area contributed by atoms with E-state index in [4.69, 9.17) is 18.9 Å². The summed E-state index contributed by atoms with van der Waals surface area (Å²) < 4.78 is 22.8. The zero-order chi connectivity index (χ0) is 61.9. The Morgan fingerprint density at radius 1 is 0.353 bits per heavy atom. The number of hydrogen-bond donors (Lipinski definition) is 0. The maximum Gasteiger partial charge on any atom is 0.306 e. The Hall–Kier alpha value is -4.31. The highest BCUT2D eigenvalue weighted by Crippen LogP contribution is 2.17. The van der Waals surface area contributed by atoms with Crippen molar-refractivity contribution in [3.05, 3.63) is 122 Å². The van der Waals surface area contributed by atoms with Gasteiger partial charge in [-0.15, -0.1) is 0 Å². The molecule has 9 nitrogen and oxygen atoms in total. The molecule has 0 amide bonds. The Bertz CT molecular complexity index is 1810. The van der Waals surface area contributed by atoms with Gasteiger partial charge < -0.3 is 33.3 Å². The summed E-state index contributed by atoms with van der Waals surface area (Å²) in [5.74, 6) is -2.30. The van der Waals surface area contributed by atoms with Crippen LogP contribution in [-0.4, -0.2) is 82.3 Å². The predicted octanol–water partition coefficient (Wildman–Crippen LogP) is 20.2. The van der Waals surface area contributed by atoms with Crippen LogP contribution in [0.3, 0.4) is 0 Å². The van der Waals surface area contributed by atoms with Crippen molar-refractivity contribution >= 4 is 17.9 Å². The van der Waals surface area contributed by atoms with Gasteiger partial charge in [0.15, 0.2) is 12.4 Å². The monoisotopic (exact) mass is 1180 g/mol. The summed E-state index contributed by atoms with van der Waals surface area (Å²) in [7, 11) is 5.92. The van der Waals surface area contributed by atoms with Crippen molar-refractivity contribution in [2.45, 2.75) is 296 Å². The third-order valence-corrected chi connectivity index (χ3v) is 14.7. The third-order valence-electron chi connectivity index (χ3n) is 14.7. The average Bonchev–Trinajstić information content (AvgIpc) is 3.49. The van der Waals surface area contributed by atoms with Crippen LogP contribution in [0.1, 0.15) is 284 Å². The molecule has 2 atom stereocenters. The lowest BCUT2D eigenvalue weighted by molar-refractivity contribution is -0.870. The van der Waals surface area contributed by atoms with Crippen LogP contribution < -0.4 is 5.11 Å². The molecule has 85 heavy (non-hydrogen) atoms. The molecule has 0 aliphatic rings. The fraction of sp³-hybridized carbons (Fsp3) is 0.697. The maximum absolute atomic E-state index is 12.9. The molecule has 486 valence electrons. The van der Waals surface area contributed by atoms with Crippen molar-refractivity contribution in [3.63, 3.8) is 0 Å². The maximum atomic E-state index is 12.9. The fourth-order valence-corrected chi connectivity index (χ4v) is 9.47. The number of carboxylic acids is 1. The van der Waals surface area contributed by atoms with Gasteiger partial charge in [0.1, 0.15) is 13.2 Å². The summed E-state index contributed by atoms with van der Waals surface area (Å²) in [5, 5.41) is 11.8. The minimum absolute atomic E-state index is 0.140. The van der Waals surface area contributed by atoms with Crippen molar-refractivity contribution in [2.24, 2.45) is 0 Å². The van der Waals surface area contributed by atoms with E-state index in [9.17, 15) is 19.5 Å². The van der Waals surface area contributed by atoms with Gasteiger partial charge in [0, 0.05) is 12.8 Å². The van der Waals surface area contributed by atoms with E-state index in [0.717, 1.165) is 122 Å². The Labute approximate surface area is 523 Å². The normalized spacial score (nSPS) is 13.5. The number of likely N-dealkylation sites (N-methyl/N-ethyl adjacent to an activating group) is 1. The molecule has 0 aromatic rings. The molecule has 0 aromatic heterocycles. The second-order valence-corrected chi connectivity index (χ2v) is 24.1. The third kappa shape index (κ3) is 67.1. The zero-order valence-electron chi connectivity index (χ0n) is 55.4. The summed E-state index contributed by atoms with van der Waals surface area (Å²) in [4.78, 5) is 37.5. The van der Waals surface area contributed by atoms with Gasteiger partial charge in [-0.05, 0) is 103 Å². The molecular weight excluding hydrogens is 1050 g/mol. The highest BCUT2D eigenvalue weighted by atomic mass is 16.7. The van der Waals surface area contributed by atoms with Crippen LogP contribution in [0.15, 0.2) is 122 Å². The van der Waals surface area contributed by atoms with E-state index < -0.39 is 24.3 Å². The molecular formula is C76H129NO8. The lowest BCUT2D eigenvalue weighted by Gasteiger charge is -2.26. The van der Waals surface area contributed by atoms with Crippen LogP contribution in [0, 0.1) is 0 Å². The fourth-order valence-electron chi connectivity index (χ4n) is 9.47. The number of hydrogen-bond acceptors (Lipinski definition) is 8. The Kier molecular flexibility index (Phi) is 62.3. The summed E-state index contributed by atoms with van der Waals surface area (Å²) in [6.07, 6.45) is 90.0. The summed E-state index contributed by atoms with van der Waals surface area (Å²) >= 11 is 0. The molecule has 0 aliphatic carbocycles. The first-order valence-corrected chi connectivity index (χ1v) is 34.7. The summed E-state index contributed by atoms with van der Waals surface area (Å²) in [6, 6.07) is 0. The molecule has 0 fully saturated rings. The van der Waals surface area contributed by atoms with Crippen molar-refractivity contribution in [2.75, 3.05) is 47.5 Å². The summed E-state index contributed by atoms with van der Waals surface area (Å²) in [5.41, 5.74) is 0. The SMILES string of the molecule is CC/C=C\C/C=C\C/C=C\C/C=C\C/C=C\C/C=C\CCCCCCCCC(=O)OC(COC(=O)CCCCCCCCCCCCCCCCCCCCCCCC/C=C\C/C=C\C/C=C\C/C=C\CC)COC(OCC[N+](C)(C)C)C(=O)[O-]. The van der Waals surface area contributed by atoms with E-state index in [2.05, 4.69) is 135 Å². The van der Waals surface area contributed by atoms with E-state index in [0.29, 0.717) is 17.4 Å². The van der Waals surface area contributed by atoms with Crippen LogP contribution in [0.25, 0.3) is 0 Å². The quantitative estimate of drug-likeness (QED) is 0.0195. The topological polar surface area (TPSA) is 111 Å².